The number of nitrogens with two attached hydrogens (primary N) is 1. The Morgan fingerprint density at radius 2 is 1.91 bits per heavy atom. The van der Waals surface area contributed by atoms with Gasteiger partial charge in [0.1, 0.15) is 12.3 Å². The fraction of sp³-hybridized carbons (Fsp3) is 0.588. The van der Waals surface area contributed by atoms with E-state index in [1.54, 1.807) is 4.90 Å². The molecular weight excluding hydrogens is 283 g/mol. The molecular formula is C17H25FN2O2. The Morgan fingerprint density at radius 3 is 2.45 bits per heavy atom. The van der Waals surface area contributed by atoms with Crippen molar-refractivity contribution in [1.29, 1.82) is 0 Å². The van der Waals surface area contributed by atoms with Crippen molar-refractivity contribution >= 4 is 6.09 Å². The first kappa shape index (κ1) is 16.7. The minimum absolute atomic E-state index is 0.243. The van der Waals surface area contributed by atoms with Crippen LogP contribution in [0.5, 0.6) is 0 Å². The van der Waals surface area contributed by atoms with Crippen LogP contribution in [-0.4, -0.2) is 35.3 Å². The predicted molar refractivity (Wildman–Crippen MR) is 84.2 cm³/mol. The second kappa shape index (κ2) is 6.65. The third-order valence-corrected chi connectivity index (χ3v) is 3.90. The average molecular weight is 308 g/mol. The van der Waals surface area contributed by atoms with Gasteiger partial charge >= 0.3 is 6.09 Å². The molecule has 0 aliphatic carbocycles. The Morgan fingerprint density at radius 1 is 1.32 bits per heavy atom. The van der Waals surface area contributed by atoms with Gasteiger partial charge in [0.05, 0.1) is 0 Å². The van der Waals surface area contributed by atoms with Crippen LogP contribution in [0, 0.1) is 0 Å². The van der Waals surface area contributed by atoms with Crippen LogP contribution in [0.15, 0.2) is 30.3 Å². The quantitative estimate of drug-likeness (QED) is 0.929. The molecule has 0 unspecified atom stereocenters. The van der Waals surface area contributed by atoms with Crippen molar-refractivity contribution in [3.63, 3.8) is 0 Å². The fourth-order valence-corrected chi connectivity index (χ4v) is 2.89. The van der Waals surface area contributed by atoms with Gasteiger partial charge in [-0.15, -0.1) is 0 Å². The molecule has 2 rings (SSSR count). The van der Waals surface area contributed by atoms with Crippen LogP contribution in [0.1, 0.15) is 38.7 Å². The number of piperidine rings is 1. The Labute approximate surface area is 131 Å². The normalized spacial score (nSPS) is 18.1. The van der Waals surface area contributed by atoms with E-state index in [1.165, 1.54) is 0 Å². The van der Waals surface area contributed by atoms with Gasteiger partial charge in [0.15, 0.2) is 0 Å². The number of carbonyl (C=O) groups excluding carboxylic acids is 1. The van der Waals surface area contributed by atoms with E-state index >= 15 is 0 Å². The van der Waals surface area contributed by atoms with Crippen molar-refractivity contribution in [1.82, 2.24) is 4.90 Å². The first-order chi connectivity index (χ1) is 10.3. The molecule has 22 heavy (non-hydrogen) atoms. The highest BCUT2D eigenvalue weighted by Crippen LogP contribution is 2.33. The van der Waals surface area contributed by atoms with E-state index in [0.29, 0.717) is 32.4 Å². The minimum Gasteiger partial charge on any atom is -0.445 e. The molecule has 1 heterocycles. The first-order valence-electron chi connectivity index (χ1n) is 7.71. The lowest BCUT2D eigenvalue weighted by Gasteiger charge is -2.39. The zero-order chi connectivity index (χ0) is 16.2. The number of halogens is 1. The van der Waals surface area contributed by atoms with Crippen LogP contribution < -0.4 is 5.73 Å². The highest BCUT2D eigenvalue weighted by molar-refractivity contribution is 5.67. The molecule has 0 atom stereocenters. The van der Waals surface area contributed by atoms with Gasteiger partial charge in [-0.05, 0) is 38.7 Å². The van der Waals surface area contributed by atoms with Crippen LogP contribution in [0.2, 0.25) is 0 Å². The van der Waals surface area contributed by atoms with E-state index in [9.17, 15) is 9.18 Å². The molecule has 1 aliphatic heterocycles. The number of benzene rings is 1. The number of carbonyl (C=O) groups is 1. The van der Waals surface area contributed by atoms with Gasteiger partial charge in [-0.1, -0.05) is 30.3 Å². The standard InChI is InChI=1S/C17H25FN2O2/c1-16(2,19)13-17(18)8-10-20(11-9-17)15(21)22-12-14-6-4-3-5-7-14/h3-7H,8-13,19H2,1-2H3. The van der Waals surface area contributed by atoms with E-state index in [0.717, 1.165) is 5.56 Å². The van der Waals surface area contributed by atoms with Gasteiger partial charge < -0.3 is 15.4 Å². The summed E-state index contributed by atoms with van der Waals surface area (Å²) in [5.41, 5.74) is 5.03. The van der Waals surface area contributed by atoms with Crippen molar-refractivity contribution in [2.24, 2.45) is 5.73 Å². The number of amides is 1. The van der Waals surface area contributed by atoms with Crippen molar-refractivity contribution in [2.75, 3.05) is 13.1 Å². The van der Waals surface area contributed by atoms with E-state index in [1.807, 2.05) is 44.2 Å². The summed E-state index contributed by atoms with van der Waals surface area (Å²) in [6.45, 7) is 4.65. The van der Waals surface area contributed by atoms with E-state index in [-0.39, 0.29) is 12.7 Å². The summed E-state index contributed by atoms with van der Waals surface area (Å²) in [4.78, 5) is 13.6. The van der Waals surface area contributed by atoms with Gasteiger partial charge in [0.2, 0.25) is 0 Å². The Balaban J connectivity index is 1.80. The van der Waals surface area contributed by atoms with Gasteiger partial charge in [0.25, 0.3) is 0 Å². The fourth-order valence-electron chi connectivity index (χ4n) is 2.89. The molecule has 2 N–H and O–H groups in total. The molecule has 1 aromatic rings. The summed E-state index contributed by atoms with van der Waals surface area (Å²) in [5, 5.41) is 0. The average Bonchev–Trinajstić information content (AvgIpc) is 2.44. The molecule has 5 heteroatoms. The molecule has 1 saturated heterocycles. The van der Waals surface area contributed by atoms with Gasteiger partial charge in [0, 0.05) is 18.6 Å². The number of rotatable bonds is 4. The summed E-state index contributed by atoms with van der Waals surface area (Å²) in [5.74, 6) is 0. The van der Waals surface area contributed by atoms with Crippen LogP contribution in [0.4, 0.5) is 9.18 Å². The van der Waals surface area contributed by atoms with Crippen LogP contribution in [0.3, 0.4) is 0 Å². The molecule has 0 bridgehead atoms. The van der Waals surface area contributed by atoms with E-state index in [2.05, 4.69) is 0 Å². The molecule has 0 aromatic heterocycles. The molecule has 4 nitrogen and oxygen atoms in total. The van der Waals surface area contributed by atoms with Crippen LogP contribution in [-0.2, 0) is 11.3 Å². The summed E-state index contributed by atoms with van der Waals surface area (Å²) in [6, 6.07) is 9.51. The third kappa shape index (κ3) is 4.98. The molecule has 1 amide bonds. The molecule has 0 spiro atoms. The number of hydrogen-bond donors (Lipinski definition) is 1. The topological polar surface area (TPSA) is 55.6 Å². The second-order valence-electron chi connectivity index (χ2n) is 6.84. The largest absolute Gasteiger partial charge is 0.445 e. The lowest BCUT2D eigenvalue weighted by Crippen LogP contribution is -2.49. The predicted octanol–water partition coefficient (Wildman–Crippen LogP) is 3.25. The molecule has 1 aliphatic rings. The monoisotopic (exact) mass is 308 g/mol. The second-order valence-corrected chi connectivity index (χ2v) is 6.84. The number of nitrogens with zero attached hydrogens (tertiary/aromatic N) is 1. The number of alkyl halides is 1. The number of hydrogen-bond acceptors (Lipinski definition) is 3. The van der Waals surface area contributed by atoms with Gasteiger partial charge in [-0.2, -0.15) is 0 Å². The van der Waals surface area contributed by atoms with Gasteiger partial charge in [-0.3, -0.25) is 0 Å². The van der Waals surface area contributed by atoms with Crippen LogP contribution >= 0.6 is 0 Å². The van der Waals surface area contributed by atoms with Crippen molar-refractivity contribution < 1.29 is 13.9 Å². The summed E-state index contributed by atoms with van der Waals surface area (Å²) in [6.07, 6.45) is 0.563. The maximum Gasteiger partial charge on any atom is 0.410 e. The van der Waals surface area contributed by atoms with E-state index in [4.69, 9.17) is 10.5 Å². The SMILES string of the molecule is CC(C)(N)CC1(F)CCN(C(=O)OCc2ccccc2)CC1. The maximum atomic E-state index is 14.7. The Hall–Kier alpha value is -1.62. The van der Waals surface area contributed by atoms with Crippen LogP contribution in [0.25, 0.3) is 0 Å². The Bertz CT molecular complexity index is 491. The first-order valence-corrected chi connectivity index (χ1v) is 7.71. The highest BCUT2D eigenvalue weighted by atomic mass is 19.1. The van der Waals surface area contributed by atoms with Gasteiger partial charge in [-0.25, -0.2) is 9.18 Å². The highest BCUT2D eigenvalue weighted by Gasteiger charge is 2.39. The zero-order valence-electron chi connectivity index (χ0n) is 13.3. The van der Waals surface area contributed by atoms with Crippen molar-refractivity contribution in [2.45, 2.75) is 50.9 Å². The molecule has 1 aromatic carbocycles. The maximum absolute atomic E-state index is 14.7. The smallest absolute Gasteiger partial charge is 0.410 e. The summed E-state index contributed by atoms with van der Waals surface area (Å²) < 4.78 is 20.0. The lowest BCUT2D eigenvalue weighted by molar-refractivity contribution is 0.0266. The molecule has 1 fully saturated rings. The van der Waals surface area contributed by atoms with Crippen molar-refractivity contribution in [3.05, 3.63) is 35.9 Å². The van der Waals surface area contributed by atoms with Crippen molar-refractivity contribution in [3.8, 4) is 0 Å². The summed E-state index contributed by atoms with van der Waals surface area (Å²) >= 11 is 0. The molecule has 122 valence electrons. The van der Waals surface area contributed by atoms with E-state index < -0.39 is 11.2 Å². The zero-order valence-corrected chi connectivity index (χ0v) is 13.3. The Kier molecular flexibility index (Phi) is 5.06. The number of ether oxygens (including phenoxy) is 1. The third-order valence-electron chi connectivity index (χ3n) is 3.90. The summed E-state index contributed by atoms with van der Waals surface area (Å²) in [7, 11) is 0. The molecule has 0 radical (unpaired) electrons. The molecule has 0 saturated carbocycles. The lowest BCUT2D eigenvalue weighted by atomic mass is 9.82. The number of likely N-dealkylation sites (tertiary alicyclic amines) is 1. The minimum atomic E-state index is -1.28.